The molecule has 0 aliphatic carbocycles. The van der Waals surface area contributed by atoms with Gasteiger partial charge in [0, 0.05) is 6.07 Å². The number of carbonyl (C=O) groups excluding carboxylic acids is 1. The van der Waals surface area contributed by atoms with Crippen molar-refractivity contribution >= 4 is 18.6 Å². The van der Waals surface area contributed by atoms with Gasteiger partial charge in [-0.2, -0.15) is 5.26 Å². The smallest absolute Gasteiger partial charge is 0.480 e. The number of esters is 1. The van der Waals surface area contributed by atoms with Gasteiger partial charge in [-0.25, -0.2) is 4.79 Å². The van der Waals surface area contributed by atoms with E-state index in [1.165, 1.54) is 6.07 Å². The largest absolute Gasteiger partial charge is 0.491 e. The summed E-state index contributed by atoms with van der Waals surface area (Å²) in [5, 5.41) is 18.8. The van der Waals surface area contributed by atoms with E-state index in [0.29, 0.717) is 18.1 Å². The van der Waals surface area contributed by atoms with Crippen LogP contribution in [-0.2, 0) is 20.8 Å². The molecule has 1 aliphatic heterocycles. The molecule has 2 aromatic rings. The zero-order valence-electron chi connectivity index (χ0n) is 14.1. The Hall–Kier alpha value is -3.02. The van der Waals surface area contributed by atoms with Crippen molar-refractivity contribution < 1.29 is 28.7 Å². The number of nitrogens with zero attached hydrogens (tertiary/aromatic N) is 1. The van der Waals surface area contributed by atoms with Gasteiger partial charge in [0.25, 0.3) is 0 Å². The van der Waals surface area contributed by atoms with Crippen LogP contribution in [0.25, 0.3) is 0 Å². The molecule has 0 spiro atoms. The predicted molar refractivity (Wildman–Crippen MR) is 92.2 cm³/mol. The molecule has 0 amide bonds. The van der Waals surface area contributed by atoms with E-state index in [2.05, 4.69) is 0 Å². The highest BCUT2D eigenvalue weighted by Crippen LogP contribution is 2.29. The zero-order chi connectivity index (χ0) is 18.5. The topological polar surface area (TPSA) is 98.0 Å². The molecule has 1 aliphatic rings. The van der Waals surface area contributed by atoms with E-state index in [-0.39, 0.29) is 24.5 Å². The molecule has 0 atom stereocenters. The molecule has 0 unspecified atom stereocenters. The van der Waals surface area contributed by atoms with Gasteiger partial charge in [-0.1, -0.05) is 6.07 Å². The minimum Gasteiger partial charge on any atom is -0.480 e. The van der Waals surface area contributed by atoms with Gasteiger partial charge in [-0.05, 0) is 42.2 Å². The zero-order valence-corrected chi connectivity index (χ0v) is 14.1. The third kappa shape index (κ3) is 3.96. The summed E-state index contributed by atoms with van der Waals surface area (Å²) in [6.45, 7) is 1.98. The first kappa shape index (κ1) is 17.8. The van der Waals surface area contributed by atoms with E-state index in [4.69, 9.17) is 18.9 Å². The Morgan fingerprint density at radius 1 is 1.31 bits per heavy atom. The number of carbonyl (C=O) groups is 1. The van der Waals surface area contributed by atoms with E-state index in [1.54, 1.807) is 37.3 Å². The number of hydrogen-bond donors (Lipinski definition) is 1. The maximum atomic E-state index is 11.4. The fourth-order valence-electron chi connectivity index (χ4n) is 2.52. The standard InChI is InChI=1S/C18H16BNO6/c1-2-23-18(21)11-24-17-8-15(4-3-12(17)9-20)26-14-5-6-16-13(7-14)10-25-19(16)22/h3-8,22H,2,10-11H2,1H3. The van der Waals surface area contributed by atoms with Crippen LogP contribution in [0.4, 0.5) is 0 Å². The summed E-state index contributed by atoms with van der Waals surface area (Å²) < 4.78 is 21.1. The van der Waals surface area contributed by atoms with Crippen molar-refractivity contribution in [3.05, 3.63) is 47.5 Å². The maximum absolute atomic E-state index is 11.4. The number of rotatable bonds is 6. The number of nitriles is 1. The van der Waals surface area contributed by atoms with E-state index < -0.39 is 13.1 Å². The van der Waals surface area contributed by atoms with Crippen molar-refractivity contribution in [1.29, 1.82) is 5.26 Å². The fourth-order valence-corrected chi connectivity index (χ4v) is 2.52. The summed E-state index contributed by atoms with van der Waals surface area (Å²) in [5.74, 6) is 0.725. The van der Waals surface area contributed by atoms with Crippen LogP contribution < -0.4 is 14.9 Å². The minimum atomic E-state index is -0.906. The number of fused-ring (bicyclic) bond motifs is 1. The van der Waals surface area contributed by atoms with Crippen molar-refractivity contribution in [3.63, 3.8) is 0 Å². The Morgan fingerprint density at radius 2 is 2.08 bits per heavy atom. The van der Waals surface area contributed by atoms with Gasteiger partial charge in [0.1, 0.15) is 23.3 Å². The first-order valence-corrected chi connectivity index (χ1v) is 8.03. The van der Waals surface area contributed by atoms with Gasteiger partial charge in [0.15, 0.2) is 6.61 Å². The van der Waals surface area contributed by atoms with E-state index in [0.717, 1.165) is 11.0 Å². The molecule has 1 heterocycles. The molecule has 0 radical (unpaired) electrons. The number of hydrogen-bond acceptors (Lipinski definition) is 7. The number of benzene rings is 2. The van der Waals surface area contributed by atoms with Crippen LogP contribution in [0.15, 0.2) is 36.4 Å². The molecule has 7 nitrogen and oxygen atoms in total. The van der Waals surface area contributed by atoms with Crippen molar-refractivity contribution in [2.45, 2.75) is 13.5 Å². The molecule has 1 N–H and O–H groups in total. The van der Waals surface area contributed by atoms with Gasteiger partial charge in [-0.3, -0.25) is 0 Å². The first-order valence-electron chi connectivity index (χ1n) is 8.03. The molecule has 8 heteroatoms. The van der Waals surface area contributed by atoms with Gasteiger partial charge in [-0.15, -0.1) is 0 Å². The summed E-state index contributed by atoms with van der Waals surface area (Å²) in [5.41, 5.74) is 1.85. The molecule has 3 rings (SSSR count). The summed E-state index contributed by atoms with van der Waals surface area (Å²) in [6.07, 6.45) is 0. The molecular weight excluding hydrogens is 337 g/mol. The molecule has 0 fully saturated rings. The highest BCUT2D eigenvalue weighted by atomic mass is 16.6. The maximum Gasteiger partial charge on any atom is 0.491 e. The Kier molecular flexibility index (Phi) is 5.41. The average Bonchev–Trinajstić information content (AvgIpc) is 3.01. The normalized spacial score (nSPS) is 12.3. The van der Waals surface area contributed by atoms with Crippen LogP contribution in [0.1, 0.15) is 18.1 Å². The van der Waals surface area contributed by atoms with Crippen molar-refractivity contribution in [1.82, 2.24) is 0 Å². The molecule has 26 heavy (non-hydrogen) atoms. The number of ether oxygens (including phenoxy) is 3. The quantitative estimate of drug-likeness (QED) is 0.621. The molecule has 2 aromatic carbocycles. The van der Waals surface area contributed by atoms with Gasteiger partial charge in [0.05, 0.1) is 18.8 Å². The van der Waals surface area contributed by atoms with Crippen LogP contribution in [0.2, 0.25) is 0 Å². The van der Waals surface area contributed by atoms with Crippen LogP contribution in [0.5, 0.6) is 17.2 Å². The Labute approximate surface area is 150 Å². The third-order valence-electron chi connectivity index (χ3n) is 3.74. The lowest BCUT2D eigenvalue weighted by molar-refractivity contribution is -0.145. The molecule has 0 bridgehead atoms. The van der Waals surface area contributed by atoms with E-state index in [1.807, 2.05) is 6.07 Å². The SMILES string of the molecule is CCOC(=O)COc1cc(Oc2ccc3c(c2)COB3O)ccc1C#N. The van der Waals surface area contributed by atoms with Crippen LogP contribution in [0, 0.1) is 11.3 Å². The fraction of sp³-hybridized carbons (Fsp3) is 0.222. The van der Waals surface area contributed by atoms with Gasteiger partial charge < -0.3 is 23.9 Å². The average molecular weight is 353 g/mol. The Balaban J connectivity index is 1.75. The molecule has 0 saturated heterocycles. The predicted octanol–water partition coefficient (Wildman–Crippen LogP) is 1.51. The highest BCUT2D eigenvalue weighted by molar-refractivity contribution is 6.61. The lowest BCUT2D eigenvalue weighted by Crippen LogP contribution is -2.27. The van der Waals surface area contributed by atoms with Crippen molar-refractivity contribution in [2.24, 2.45) is 0 Å². The lowest BCUT2D eigenvalue weighted by atomic mass is 9.80. The van der Waals surface area contributed by atoms with Crippen LogP contribution in [0.3, 0.4) is 0 Å². The summed E-state index contributed by atoms with van der Waals surface area (Å²) in [6, 6.07) is 12.0. The Bertz CT molecular complexity index is 863. The van der Waals surface area contributed by atoms with Crippen molar-refractivity contribution in [2.75, 3.05) is 13.2 Å². The van der Waals surface area contributed by atoms with Gasteiger partial charge in [0.2, 0.25) is 0 Å². The molecule has 0 aromatic heterocycles. The highest BCUT2D eigenvalue weighted by Gasteiger charge is 2.27. The second-order valence-corrected chi connectivity index (χ2v) is 5.49. The molecular formula is C18H16BNO6. The molecule has 132 valence electrons. The lowest BCUT2D eigenvalue weighted by Gasteiger charge is -2.11. The second kappa shape index (κ2) is 7.91. The summed E-state index contributed by atoms with van der Waals surface area (Å²) in [4.78, 5) is 11.4. The Morgan fingerprint density at radius 3 is 2.85 bits per heavy atom. The third-order valence-corrected chi connectivity index (χ3v) is 3.74. The van der Waals surface area contributed by atoms with E-state index >= 15 is 0 Å². The van der Waals surface area contributed by atoms with Crippen LogP contribution in [-0.4, -0.2) is 31.3 Å². The minimum absolute atomic E-state index is 0.234. The van der Waals surface area contributed by atoms with Crippen LogP contribution >= 0.6 is 0 Å². The van der Waals surface area contributed by atoms with E-state index in [9.17, 15) is 15.1 Å². The summed E-state index contributed by atoms with van der Waals surface area (Å²) >= 11 is 0. The van der Waals surface area contributed by atoms with Gasteiger partial charge >= 0.3 is 13.1 Å². The second-order valence-electron chi connectivity index (χ2n) is 5.49. The monoisotopic (exact) mass is 353 g/mol. The first-order chi connectivity index (χ1) is 12.6. The van der Waals surface area contributed by atoms with Crippen molar-refractivity contribution in [3.8, 4) is 23.3 Å². The molecule has 0 saturated carbocycles. The summed E-state index contributed by atoms with van der Waals surface area (Å²) in [7, 11) is -0.906.